The van der Waals surface area contributed by atoms with Gasteiger partial charge in [-0.05, 0) is 24.3 Å². The number of hydrogen-bond acceptors (Lipinski definition) is 5. The molecular formula is C15H20N4O. The molecule has 0 saturated carbocycles. The monoisotopic (exact) mass is 272 g/mol. The predicted octanol–water partition coefficient (Wildman–Crippen LogP) is 2.86. The van der Waals surface area contributed by atoms with E-state index in [1.807, 2.05) is 56.3 Å². The molecule has 20 heavy (non-hydrogen) atoms. The highest BCUT2D eigenvalue weighted by Crippen LogP contribution is 2.25. The molecule has 0 atom stereocenters. The number of hydrogen-bond donors (Lipinski definition) is 1. The fourth-order valence-corrected chi connectivity index (χ4v) is 1.88. The van der Waals surface area contributed by atoms with Gasteiger partial charge in [0.1, 0.15) is 23.2 Å². The van der Waals surface area contributed by atoms with Crippen molar-refractivity contribution in [2.75, 3.05) is 31.4 Å². The molecule has 0 aliphatic carbocycles. The lowest BCUT2D eigenvalue weighted by Gasteiger charge is -2.19. The molecule has 1 N–H and O–H groups in total. The third-order valence-electron chi connectivity index (χ3n) is 3.13. The topological polar surface area (TPSA) is 50.3 Å². The van der Waals surface area contributed by atoms with Gasteiger partial charge in [0.2, 0.25) is 0 Å². The minimum atomic E-state index is 0.805. The smallest absolute Gasteiger partial charge is 0.138 e. The van der Waals surface area contributed by atoms with Gasteiger partial charge in [-0.2, -0.15) is 0 Å². The molecule has 0 aliphatic rings. The van der Waals surface area contributed by atoms with Crippen molar-refractivity contribution < 1.29 is 4.74 Å². The van der Waals surface area contributed by atoms with Crippen LogP contribution in [0.1, 0.15) is 12.7 Å². The zero-order chi connectivity index (χ0) is 14.5. The highest BCUT2D eigenvalue weighted by molar-refractivity contribution is 5.62. The Morgan fingerprint density at radius 2 is 1.90 bits per heavy atom. The van der Waals surface area contributed by atoms with Gasteiger partial charge >= 0.3 is 0 Å². The fraction of sp³-hybridized carbons (Fsp3) is 0.333. The van der Waals surface area contributed by atoms with Crippen LogP contribution in [-0.4, -0.2) is 31.2 Å². The lowest BCUT2D eigenvalue weighted by Crippen LogP contribution is -2.13. The molecule has 0 radical (unpaired) electrons. The molecule has 1 heterocycles. The molecule has 1 aromatic heterocycles. The number of rotatable bonds is 5. The molecule has 0 aliphatic heterocycles. The maximum Gasteiger partial charge on any atom is 0.138 e. The first kappa shape index (κ1) is 14.1. The highest BCUT2D eigenvalue weighted by Gasteiger charge is 2.09. The summed E-state index contributed by atoms with van der Waals surface area (Å²) in [4.78, 5) is 11.0. The third kappa shape index (κ3) is 2.99. The van der Waals surface area contributed by atoms with E-state index in [9.17, 15) is 0 Å². The van der Waals surface area contributed by atoms with Gasteiger partial charge in [0.25, 0.3) is 0 Å². The van der Waals surface area contributed by atoms with Crippen molar-refractivity contribution in [3.05, 3.63) is 36.2 Å². The summed E-state index contributed by atoms with van der Waals surface area (Å²) in [6.45, 7) is 2.05. The van der Waals surface area contributed by atoms with Gasteiger partial charge in [-0.15, -0.1) is 0 Å². The van der Waals surface area contributed by atoms with Crippen LogP contribution in [0, 0.1) is 0 Å². The first-order valence-electron chi connectivity index (χ1n) is 6.61. The number of nitrogens with one attached hydrogen (secondary N) is 1. The molecule has 0 amide bonds. The second kappa shape index (κ2) is 6.23. The molecule has 5 heteroatoms. The summed E-state index contributed by atoms with van der Waals surface area (Å²) in [7, 11) is 5.51. The molecule has 1 aromatic carbocycles. The lowest BCUT2D eigenvalue weighted by atomic mass is 10.2. The Morgan fingerprint density at radius 1 is 1.20 bits per heavy atom. The number of ether oxygens (including phenoxy) is 1. The van der Waals surface area contributed by atoms with Crippen LogP contribution in [0.25, 0.3) is 0 Å². The van der Waals surface area contributed by atoms with Gasteiger partial charge < -0.3 is 15.0 Å². The van der Waals surface area contributed by atoms with E-state index in [0.29, 0.717) is 0 Å². The molecule has 106 valence electrons. The average molecular weight is 272 g/mol. The van der Waals surface area contributed by atoms with Crippen LogP contribution in [0.15, 0.2) is 30.3 Å². The summed E-state index contributed by atoms with van der Waals surface area (Å²) in [5, 5.41) is 3.07. The van der Waals surface area contributed by atoms with Crippen molar-refractivity contribution in [3.63, 3.8) is 0 Å². The van der Waals surface area contributed by atoms with E-state index in [4.69, 9.17) is 4.74 Å². The number of benzene rings is 1. The Balaban J connectivity index is 2.33. The molecule has 2 rings (SSSR count). The van der Waals surface area contributed by atoms with Crippen molar-refractivity contribution >= 4 is 17.3 Å². The van der Waals surface area contributed by atoms with Crippen LogP contribution < -0.4 is 15.0 Å². The van der Waals surface area contributed by atoms with E-state index in [0.717, 1.165) is 35.3 Å². The Morgan fingerprint density at radius 3 is 2.45 bits per heavy atom. The van der Waals surface area contributed by atoms with E-state index >= 15 is 0 Å². The van der Waals surface area contributed by atoms with E-state index in [2.05, 4.69) is 15.3 Å². The summed E-state index contributed by atoms with van der Waals surface area (Å²) >= 11 is 0. The maximum atomic E-state index is 5.17. The summed E-state index contributed by atoms with van der Waals surface area (Å²) in [5.74, 6) is 3.36. The largest absolute Gasteiger partial charge is 0.497 e. The predicted molar refractivity (Wildman–Crippen MR) is 82.0 cm³/mol. The van der Waals surface area contributed by atoms with Crippen molar-refractivity contribution in [1.82, 2.24) is 9.97 Å². The maximum absolute atomic E-state index is 5.17. The van der Waals surface area contributed by atoms with Gasteiger partial charge in [-0.3, -0.25) is 0 Å². The first-order valence-corrected chi connectivity index (χ1v) is 6.61. The van der Waals surface area contributed by atoms with Crippen LogP contribution >= 0.6 is 0 Å². The number of methoxy groups -OCH3 is 1. The van der Waals surface area contributed by atoms with Gasteiger partial charge in [-0.25, -0.2) is 9.97 Å². The standard InChI is InChI=1S/C15H20N4O/c1-5-13-17-14(16-2)10-15(18-13)19(3)11-6-8-12(20-4)9-7-11/h6-10H,5H2,1-4H3,(H,16,17,18). The van der Waals surface area contributed by atoms with Crippen molar-refractivity contribution in [3.8, 4) is 5.75 Å². The third-order valence-corrected chi connectivity index (χ3v) is 3.13. The van der Waals surface area contributed by atoms with Crippen LogP contribution in [0.4, 0.5) is 17.3 Å². The summed E-state index contributed by atoms with van der Waals surface area (Å²) in [6.07, 6.45) is 0.805. The summed E-state index contributed by atoms with van der Waals surface area (Å²) in [6, 6.07) is 9.82. The van der Waals surface area contributed by atoms with Gasteiger partial charge in [0, 0.05) is 32.3 Å². The van der Waals surface area contributed by atoms with Crippen LogP contribution in [0.5, 0.6) is 5.75 Å². The molecular weight excluding hydrogens is 252 g/mol. The molecule has 0 unspecified atom stereocenters. The quantitative estimate of drug-likeness (QED) is 0.907. The van der Waals surface area contributed by atoms with Crippen molar-refractivity contribution in [1.29, 1.82) is 0 Å². The molecule has 0 saturated heterocycles. The average Bonchev–Trinajstić information content (AvgIpc) is 2.53. The van der Waals surface area contributed by atoms with Crippen molar-refractivity contribution in [2.24, 2.45) is 0 Å². The Bertz CT molecular complexity index is 546. The van der Waals surface area contributed by atoms with Crippen LogP contribution in [0.2, 0.25) is 0 Å². The molecule has 0 bridgehead atoms. The minimum absolute atomic E-state index is 0.805. The normalized spacial score (nSPS) is 10.2. The SMILES string of the molecule is CCc1nc(NC)cc(N(C)c2ccc(OC)cc2)n1. The number of aromatic nitrogens is 2. The first-order chi connectivity index (χ1) is 9.67. The minimum Gasteiger partial charge on any atom is -0.497 e. The molecule has 0 fully saturated rings. The zero-order valence-corrected chi connectivity index (χ0v) is 12.3. The number of aryl methyl sites for hydroxylation is 1. The molecule has 2 aromatic rings. The Kier molecular flexibility index (Phi) is 4.40. The number of nitrogens with zero attached hydrogens (tertiary/aromatic N) is 3. The lowest BCUT2D eigenvalue weighted by molar-refractivity contribution is 0.415. The summed E-state index contributed by atoms with van der Waals surface area (Å²) in [5.41, 5.74) is 1.05. The molecule has 0 spiro atoms. The Hall–Kier alpha value is -2.30. The van der Waals surface area contributed by atoms with Crippen molar-refractivity contribution in [2.45, 2.75) is 13.3 Å². The second-order valence-electron chi connectivity index (χ2n) is 4.39. The molecule has 5 nitrogen and oxygen atoms in total. The highest BCUT2D eigenvalue weighted by atomic mass is 16.5. The van der Waals surface area contributed by atoms with Crippen LogP contribution in [0.3, 0.4) is 0 Å². The van der Waals surface area contributed by atoms with Gasteiger partial charge in [0.15, 0.2) is 0 Å². The van der Waals surface area contributed by atoms with E-state index in [1.54, 1.807) is 7.11 Å². The Labute approximate surface area is 119 Å². The fourth-order valence-electron chi connectivity index (χ4n) is 1.88. The van der Waals surface area contributed by atoms with Gasteiger partial charge in [0.05, 0.1) is 7.11 Å². The van der Waals surface area contributed by atoms with Gasteiger partial charge in [-0.1, -0.05) is 6.92 Å². The van der Waals surface area contributed by atoms with Crippen LogP contribution in [-0.2, 0) is 6.42 Å². The zero-order valence-electron chi connectivity index (χ0n) is 12.3. The summed E-state index contributed by atoms with van der Waals surface area (Å²) < 4.78 is 5.17. The number of anilines is 3. The van der Waals surface area contributed by atoms with E-state index < -0.39 is 0 Å². The van der Waals surface area contributed by atoms with E-state index in [-0.39, 0.29) is 0 Å². The van der Waals surface area contributed by atoms with E-state index in [1.165, 1.54) is 0 Å². The second-order valence-corrected chi connectivity index (χ2v) is 4.39.